The van der Waals surface area contributed by atoms with Crippen LogP contribution in [0.25, 0.3) is 10.9 Å². The van der Waals surface area contributed by atoms with Crippen molar-refractivity contribution in [3.8, 4) is 0 Å². The third-order valence-corrected chi connectivity index (χ3v) is 4.59. The Morgan fingerprint density at radius 2 is 1.86 bits per heavy atom. The van der Waals surface area contributed by atoms with Crippen LogP contribution in [-0.4, -0.2) is 35.8 Å². The maximum Gasteiger partial charge on any atom is 0.341 e. The number of aromatic carboxylic acids is 1. The Kier molecular flexibility index (Phi) is 5.17. The lowest BCUT2D eigenvalue weighted by Crippen LogP contribution is -2.26. The number of carboxylic acids is 1. The standard InChI is InChI=1S/C21H21N3O4/c1-4-13-9-10-14(23(2)3)11-17(13)22-21(28)24-12-16(20(26)27)19(25)15-7-5-6-8-18(15)24/h5-12H,4H2,1-3H3,(H,22,28)(H,26,27). The fraction of sp³-hybridized carbons (Fsp3) is 0.190. The van der Waals surface area contributed by atoms with Gasteiger partial charge < -0.3 is 15.3 Å². The predicted molar refractivity (Wildman–Crippen MR) is 110 cm³/mol. The van der Waals surface area contributed by atoms with Crippen LogP contribution in [0.3, 0.4) is 0 Å². The first kappa shape index (κ1) is 19.2. The molecule has 7 nitrogen and oxygen atoms in total. The molecule has 2 N–H and O–H groups in total. The second kappa shape index (κ2) is 7.56. The number of carbonyl (C=O) groups excluding carboxylic acids is 1. The van der Waals surface area contributed by atoms with Crippen LogP contribution >= 0.6 is 0 Å². The molecule has 144 valence electrons. The summed E-state index contributed by atoms with van der Waals surface area (Å²) < 4.78 is 1.17. The van der Waals surface area contributed by atoms with Crippen molar-refractivity contribution in [3.05, 3.63) is 70.0 Å². The minimum Gasteiger partial charge on any atom is -0.477 e. The predicted octanol–water partition coefficient (Wildman–Crippen LogP) is 3.41. The van der Waals surface area contributed by atoms with Gasteiger partial charge in [-0.15, -0.1) is 0 Å². The number of nitrogens with zero attached hydrogens (tertiary/aromatic N) is 2. The number of para-hydroxylation sites is 1. The lowest BCUT2D eigenvalue weighted by Gasteiger charge is -2.18. The van der Waals surface area contributed by atoms with Crippen LogP contribution in [-0.2, 0) is 6.42 Å². The first-order valence-corrected chi connectivity index (χ1v) is 8.82. The van der Waals surface area contributed by atoms with Gasteiger partial charge in [0.1, 0.15) is 5.56 Å². The highest BCUT2D eigenvalue weighted by atomic mass is 16.4. The maximum absolute atomic E-state index is 13.0. The van der Waals surface area contributed by atoms with Crippen LogP contribution in [0.5, 0.6) is 0 Å². The Morgan fingerprint density at radius 1 is 1.14 bits per heavy atom. The Labute approximate surface area is 161 Å². The first-order chi connectivity index (χ1) is 13.3. The summed E-state index contributed by atoms with van der Waals surface area (Å²) in [6.45, 7) is 1.98. The summed E-state index contributed by atoms with van der Waals surface area (Å²) >= 11 is 0. The van der Waals surface area contributed by atoms with Crippen molar-refractivity contribution in [2.45, 2.75) is 13.3 Å². The van der Waals surface area contributed by atoms with E-state index in [1.807, 2.05) is 44.1 Å². The van der Waals surface area contributed by atoms with Crippen LogP contribution in [0.2, 0.25) is 0 Å². The average molecular weight is 379 g/mol. The Morgan fingerprint density at radius 3 is 2.50 bits per heavy atom. The van der Waals surface area contributed by atoms with E-state index in [0.717, 1.165) is 17.4 Å². The molecule has 3 rings (SSSR count). The van der Waals surface area contributed by atoms with Gasteiger partial charge in [-0.25, -0.2) is 9.59 Å². The largest absolute Gasteiger partial charge is 0.477 e. The Bertz CT molecular complexity index is 1130. The highest BCUT2D eigenvalue weighted by Crippen LogP contribution is 2.24. The third-order valence-electron chi connectivity index (χ3n) is 4.59. The van der Waals surface area contributed by atoms with E-state index in [1.54, 1.807) is 18.2 Å². The van der Waals surface area contributed by atoms with Gasteiger partial charge in [0.25, 0.3) is 0 Å². The topological polar surface area (TPSA) is 91.6 Å². The lowest BCUT2D eigenvalue weighted by atomic mass is 10.1. The number of fused-ring (bicyclic) bond motifs is 1. The zero-order valence-corrected chi connectivity index (χ0v) is 15.9. The molecule has 28 heavy (non-hydrogen) atoms. The maximum atomic E-state index is 13.0. The summed E-state index contributed by atoms with van der Waals surface area (Å²) in [4.78, 5) is 38.8. The molecule has 3 aromatic rings. The summed E-state index contributed by atoms with van der Waals surface area (Å²) in [7, 11) is 3.81. The molecule has 0 fully saturated rings. The molecule has 0 atom stereocenters. The molecule has 0 aliphatic heterocycles. The summed E-state index contributed by atoms with van der Waals surface area (Å²) in [5.41, 5.74) is 1.78. The van der Waals surface area contributed by atoms with Crippen LogP contribution in [0.1, 0.15) is 22.8 Å². The molecule has 1 heterocycles. The SMILES string of the molecule is CCc1ccc(N(C)C)cc1NC(=O)n1cc(C(=O)O)c(=O)c2ccccc21. The molecular formula is C21H21N3O4. The van der Waals surface area contributed by atoms with E-state index in [4.69, 9.17) is 0 Å². The number of benzene rings is 2. The second-order valence-corrected chi connectivity index (χ2v) is 6.58. The van der Waals surface area contributed by atoms with Gasteiger partial charge in [0.2, 0.25) is 5.43 Å². The molecule has 7 heteroatoms. The minimum absolute atomic E-state index is 0.176. The Hall–Kier alpha value is -3.61. The number of hydrogen-bond acceptors (Lipinski definition) is 4. The molecule has 1 aromatic heterocycles. The van der Waals surface area contributed by atoms with Gasteiger partial charge in [-0.2, -0.15) is 0 Å². The van der Waals surface area contributed by atoms with Gasteiger partial charge in [0, 0.05) is 37.1 Å². The number of pyridine rings is 1. The number of rotatable bonds is 4. The van der Waals surface area contributed by atoms with Gasteiger partial charge in [0.15, 0.2) is 0 Å². The molecule has 0 aliphatic carbocycles. The van der Waals surface area contributed by atoms with E-state index in [-0.39, 0.29) is 5.39 Å². The summed E-state index contributed by atoms with van der Waals surface area (Å²) in [5, 5.41) is 12.4. The van der Waals surface area contributed by atoms with Crippen LogP contribution in [0, 0.1) is 0 Å². The molecule has 0 aliphatic rings. The molecule has 0 saturated carbocycles. The van der Waals surface area contributed by atoms with Gasteiger partial charge in [-0.05, 0) is 36.2 Å². The summed E-state index contributed by atoms with van der Waals surface area (Å²) in [5.74, 6) is -1.37. The highest BCUT2D eigenvalue weighted by molar-refractivity contribution is 6.01. The second-order valence-electron chi connectivity index (χ2n) is 6.58. The van der Waals surface area contributed by atoms with Gasteiger partial charge in [-0.1, -0.05) is 25.1 Å². The number of carboxylic acid groups (broad SMARTS) is 1. The van der Waals surface area contributed by atoms with E-state index in [1.165, 1.54) is 10.6 Å². The first-order valence-electron chi connectivity index (χ1n) is 8.82. The van der Waals surface area contributed by atoms with Crippen molar-refractivity contribution in [2.75, 3.05) is 24.3 Å². The van der Waals surface area contributed by atoms with Gasteiger partial charge >= 0.3 is 12.0 Å². The molecule has 0 saturated heterocycles. The number of nitrogens with one attached hydrogen (secondary N) is 1. The lowest BCUT2D eigenvalue weighted by molar-refractivity contribution is 0.0695. The van der Waals surface area contributed by atoms with E-state index in [0.29, 0.717) is 17.6 Å². The van der Waals surface area contributed by atoms with E-state index >= 15 is 0 Å². The van der Waals surface area contributed by atoms with Crippen molar-refractivity contribution in [1.82, 2.24) is 4.57 Å². The number of aryl methyl sites for hydroxylation is 1. The quantitative estimate of drug-likeness (QED) is 0.725. The number of aromatic nitrogens is 1. The number of amides is 1. The van der Waals surface area contributed by atoms with Crippen molar-refractivity contribution in [2.24, 2.45) is 0 Å². The third kappa shape index (κ3) is 3.46. The summed E-state index contributed by atoms with van der Waals surface area (Å²) in [6.07, 6.45) is 1.79. The fourth-order valence-corrected chi connectivity index (χ4v) is 3.04. The highest BCUT2D eigenvalue weighted by Gasteiger charge is 2.18. The smallest absolute Gasteiger partial charge is 0.341 e. The molecule has 0 spiro atoms. The molecular weight excluding hydrogens is 358 g/mol. The Balaban J connectivity index is 2.13. The van der Waals surface area contributed by atoms with Crippen molar-refractivity contribution in [3.63, 3.8) is 0 Å². The molecule has 0 unspecified atom stereocenters. The van der Waals surface area contributed by atoms with Gasteiger partial charge in [-0.3, -0.25) is 9.36 Å². The molecule has 2 aromatic carbocycles. The zero-order valence-electron chi connectivity index (χ0n) is 15.9. The van der Waals surface area contributed by atoms with E-state index < -0.39 is 23.0 Å². The number of anilines is 2. The fourth-order valence-electron chi connectivity index (χ4n) is 3.04. The van der Waals surface area contributed by atoms with Crippen LogP contribution < -0.4 is 15.6 Å². The zero-order chi connectivity index (χ0) is 20.4. The minimum atomic E-state index is -1.37. The van der Waals surface area contributed by atoms with Crippen LogP contribution in [0.4, 0.5) is 16.2 Å². The van der Waals surface area contributed by atoms with E-state index in [2.05, 4.69) is 5.32 Å². The van der Waals surface area contributed by atoms with Crippen molar-refractivity contribution < 1.29 is 14.7 Å². The molecule has 0 bridgehead atoms. The summed E-state index contributed by atoms with van der Waals surface area (Å²) in [6, 6.07) is 11.7. The normalized spacial score (nSPS) is 10.7. The monoisotopic (exact) mass is 379 g/mol. The average Bonchev–Trinajstić information content (AvgIpc) is 2.68. The number of hydrogen-bond donors (Lipinski definition) is 2. The number of carbonyl (C=O) groups is 2. The van der Waals surface area contributed by atoms with Crippen LogP contribution in [0.15, 0.2) is 53.5 Å². The van der Waals surface area contributed by atoms with Gasteiger partial charge in [0.05, 0.1) is 5.52 Å². The molecule has 0 radical (unpaired) electrons. The van der Waals surface area contributed by atoms with Crippen molar-refractivity contribution >= 4 is 34.3 Å². The van der Waals surface area contributed by atoms with E-state index in [9.17, 15) is 19.5 Å². The van der Waals surface area contributed by atoms with Crippen molar-refractivity contribution in [1.29, 1.82) is 0 Å². The molecule has 1 amide bonds.